The van der Waals surface area contributed by atoms with E-state index in [4.69, 9.17) is 5.73 Å². The van der Waals surface area contributed by atoms with Crippen molar-refractivity contribution in [2.24, 2.45) is 11.7 Å². The van der Waals surface area contributed by atoms with Gasteiger partial charge in [0.25, 0.3) is 0 Å². The van der Waals surface area contributed by atoms with Gasteiger partial charge in [-0.2, -0.15) is 0 Å². The number of hydrogen-bond acceptors (Lipinski definition) is 2. The molecule has 0 saturated carbocycles. The smallest absolute Gasteiger partial charge is 0.227 e. The normalized spacial score (nSPS) is 26.4. The number of nitrogens with zero attached hydrogens (tertiary/aromatic N) is 1. The molecule has 0 aromatic rings. The van der Waals surface area contributed by atoms with Gasteiger partial charge in [-0.1, -0.05) is 6.92 Å². The Morgan fingerprint density at radius 2 is 2.42 bits per heavy atom. The molecule has 0 radical (unpaired) electrons. The number of hydrogen-bond donors (Lipinski definition) is 1. The summed E-state index contributed by atoms with van der Waals surface area (Å²) < 4.78 is 0. The summed E-state index contributed by atoms with van der Waals surface area (Å²) >= 11 is 0. The molecule has 0 aromatic carbocycles. The second-order valence-electron chi connectivity index (χ2n) is 3.51. The Kier molecular flexibility index (Phi) is 3.09. The van der Waals surface area contributed by atoms with E-state index in [1.54, 1.807) is 0 Å². The maximum atomic E-state index is 11.6. The van der Waals surface area contributed by atoms with Gasteiger partial charge in [0.15, 0.2) is 0 Å². The first-order valence-electron chi connectivity index (χ1n) is 4.71. The van der Waals surface area contributed by atoms with Crippen molar-refractivity contribution in [3.63, 3.8) is 0 Å². The Hall–Kier alpha value is -0.570. The molecule has 2 N–H and O–H groups in total. The average Bonchev–Trinajstić information content (AvgIpc) is 2.45. The lowest BCUT2D eigenvalue weighted by atomic mass is 10.1. The van der Waals surface area contributed by atoms with Crippen LogP contribution in [0.4, 0.5) is 0 Å². The maximum Gasteiger partial charge on any atom is 0.227 e. The van der Waals surface area contributed by atoms with Gasteiger partial charge in [0.1, 0.15) is 0 Å². The van der Waals surface area contributed by atoms with E-state index in [1.165, 1.54) is 0 Å². The molecule has 1 amide bonds. The summed E-state index contributed by atoms with van der Waals surface area (Å²) in [5.74, 6) is 0.353. The zero-order valence-electron chi connectivity index (χ0n) is 7.92. The van der Waals surface area contributed by atoms with Gasteiger partial charge in [0.05, 0.1) is 5.92 Å². The summed E-state index contributed by atoms with van der Waals surface area (Å²) in [6.07, 6.45) is 1.97. The molecule has 0 aromatic heterocycles. The van der Waals surface area contributed by atoms with E-state index in [0.29, 0.717) is 12.6 Å². The van der Waals surface area contributed by atoms with Crippen LogP contribution in [-0.2, 0) is 4.79 Å². The largest absolute Gasteiger partial charge is 0.340 e. The molecule has 1 saturated heterocycles. The van der Waals surface area contributed by atoms with Gasteiger partial charge < -0.3 is 10.6 Å². The minimum Gasteiger partial charge on any atom is -0.340 e. The van der Waals surface area contributed by atoms with Gasteiger partial charge in [-0.25, -0.2) is 0 Å². The van der Waals surface area contributed by atoms with Crippen LogP contribution in [0.5, 0.6) is 0 Å². The Morgan fingerprint density at radius 3 is 2.83 bits per heavy atom. The topological polar surface area (TPSA) is 46.3 Å². The lowest BCUT2D eigenvalue weighted by Crippen LogP contribution is -2.36. The molecule has 2 unspecified atom stereocenters. The molecule has 1 fully saturated rings. The van der Waals surface area contributed by atoms with Crippen molar-refractivity contribution < 1.29 is 4.79 Å². The van der Waals surface area contributed by atoms with E-state index in [-0.39, 0.29) is 11.8 Å². The lowest BCUT2D eigenvalue weighted by molar-refractivity contribution is -0.132. The van der Waals surface area contributed by atoms with Crippen LogP contribution in [0.15, 0.2) is 0 Å². The Balaban J connectivity index is 2.54. The second-order valence-corrected chi connectivity index (χ2v) is 3.51. The Bertz CT molecular complexity index is 170. The molecule has 0 spiro atoms. The predicted octanol–water partition coefficient (Wildman–Crippen LogP) is 0.592. The highest BCUT2D eigenvalue weighted by molar-refractivity contribution is 5.81. The highest BCUT2D eigenvalue weighted by atomic mass is 16.2. The summed E-state index contributed by atoms with van der Waals surface area (Å²) in [5.41, 5.74) is 5.48. The Labute approximate surface area is 73.9 Å². The summed E-state index contributed by atoms with van der Waals surface area (Å²) in [4.78, 5) is 13.5. The van der Waals surface area contributed by atoms with Crippen LogP contribution < -0.4 is 5.73 Å². The van der Waals surface area contributed by atoms with Crippen LogP contribution >= 0.6 is 0 Å². The fourth-order valence-corrected chi connectivity index (χ4v) is 1.64. The molecule has 3 heteroatoms. The van der Waals surface area contributed by atoms with Gasteiger partial charge in [-0.3, -0.25) is 4.79 Å². The average molecular weight is 170 g/mol. The minimum atomic E-state index is 0.0963. The zero-order valence-corrected chi connectivity index (χ0v) is 7.92. The molecule has 3 nitrogen and oxygen atoms in total. The first-order valence-corrected chi connectivity index (χ1v) is 4.71. The number of amides is 1. The number of likely N-dealkylation sites (tertiary alicyclic amines) is 1. The zero-order chi connectivity index (χ0) is 9.14. The molecule has 2 atom stereocenters. The summed E-state index contributed by atoms with van der Waals surface area (Å²) in [6.45, 7) is 5.60. The highest BCUT2D eigenvalue weighted by Crippen LogP contribution is 2.20. The van der Waals surface area contributed by atoms with E-state index in [2.05, 4.69) is 13.8 Å². The number of rotatable bonds is 3. The fourth-order valence-electron chi connectivity index (χ4n) is 1.64. The van der Waals surface area contributed by atoms with Gasteiger partial charge in [-0.05, 0) is 19.8 Å². The molecule has 0 bridgehead atoms. The van der Waals surface area contributed by atoms with Crippen LogP contribution in [0.1, 0.15) is 26.7 Å². The number of carbonyl (C=O) groups excluding carboxylic acids is 1. The van der Waals surface area contributed by atoms with E-state index >= 15 is 0 Å². The van der Waals surface area contributed by atoms with Crippen LogP contribution in [0, 0.1) is 5.92 Å². The van der Waals surface area contributed by atoms with Gasteiger partial charge >= 0.3 is 0 Å². The summed E-state index contributed by atoms with van der Waals surface area (Å²) in [7, 11) is 0. The summed E-state index contributed by atoms with van der Waals surface area (Å²) in [5, 5.41) is 0. The molecule has 1 rings (SSSR count). The van der Waals surface area contributed by atoms with E-state index in [1.807, 2.05) is 4.90 Å². The van der Waals surface area contributed by atoms with E-state index in [9.17, 15) is 4.79 Å². The monoisotopic (exact) mass is 170 g/mol. The third kappa shape index (κ3) is 1.61. The molecular weight excluding hydrogens is 152 g/mol. The first-order chi connectivity index (χ1) is 5.70. The van der Waals surface area contributed by atoms with Crippen molar-refractivity contribution in [2.45, 2.75) is 32.7 Å². The van der Waals surface area contributed by atoms with Gasteiger partial charge in [0, 0.05) is 19.1 Å². The lowest BCUT2D eigenvalue weighted by Gasteiger charge is -2.23. The standard InChI is InChI=1S/C9H18N2O/c1-3-7(2)11-5-4-8(6-10)9(11)12/h7-8H,3-6,10H2,1-2H3. The van der Waals surface area contributed by atoms with Crippen molar-refractivity contribution >= 4 is 5.91 Å². The van der Waals surface area contributed by atoms with Crippen LogP contribution in [0.3, 0.4) is 0 Å². The van der Waals surface area contributed by atoms with Gasteiger partial charge in [-0.15, -0.1) is 0 Å². The third-order valence-electron chi connectivity index (χ3n) is 2.76. The maximum absolute atomic E-state index is 11.6. The molecule has 1 aliphatic heterocycles. The van der Waals surface area contributed by atoms with Crippen molar-refractivity contribution in [3.8, 4) is 0 Å². The molecule has 70 valence electrons. The van der Waals surface area contributed by atoms with Crippen LogP contribution in [-0.4, -0.2) is 29.9 Å². The fraction of sp³-hybridized carbons (Fsp3) is 0.889. The van der Waals surface area contributed by atoms with Crippen molar-refractivity contribution in [1.82, 2.24) is 4.90 Å². The van der Waals surface area contributed by atoms with E-state index < -0.39 is 0 Å². The molecule has 1 heterocycles. The van der Waals surface area contributed by atoms with Crippen LogP contribution in [0.25, 0.3) is 0 Å². The Morgan fingerprint density at radius 1 is 1.75 bits per heavy atom. The molecular formula is C9H18N2O. The second kappa shape index (κ2) is 3.90. The van der Waals surface area contributed by atoms with Crippen molar-refractivity contribution in [3.05, 3.63) is 0 Å². The predicted molar refractivity (Wildman–Crippen MR) is 48.6 cm³/mol. The van der Waals surface area contributed by atoms with Crippen molar-refractivity contribution in [1.29, 1.82) is 0 Å². The third-order valence-corrected chi connectivity index (χ3v) is 2.76. The quantitative estimate of drug-likeness (QED) is 0.674. The van der Waals surface area contributed by atoms with E-state index in [0.717, 1.165) is 19.4 Å². The minimum absolute atomic E-state index is 0.0963. The highest BCUT2D eigenvalue weighted by Gasteiger charge is 2.32. The SMILES string of the molecule is CCC(C)N1CCC(CN)C1=O. The molecule has 12 heavy (non-hydrogen) atoms. The van der Waals surface area contributed by atoms with Crippen LogP contribution in [0.2, 0.25) is 0 Å². The summed E-state index contributed by atoms with van der Waals surface area (Å²) in [6, 6.07) is 0.383. The molecule has 1 aliphatic rings. The molecule has 0 aliphatic carbocycles. The number of carbonyl (C=O) groups is 1. The van der Waals surface area contributed by atoms with Crippen molar-refractivity contribution in [2.75, 3.05) is 13.1 Å². The number of nitrogens with two attached hydrogens (primary N) is 1. The van der Waals surface area contributed by atoms with Gasteiger partial charge in [0.2, 0.25) is 5.91 Å². The first kappa shape index (κ1) is 9.52.